The Balaban J connectivity index is 0.00000264. The number of benzene rings is 1. The number of sulfonamides is 1. The van der Waals surface area contributed by atoms with Crippen molar-refractivity contribution in [1.82, 2.24) is 14.9 Å². The third-order valence-electron chi connectivity index (χ3n) is 3.73. The smallest absolute Gasteiger partial charge is 0.252 e. The second-order valence-electron chi connectivity index (χ2n) is 5.32. The standard InChI is InChI=1S/C15H23N3O3S.ClH/c1-16-9-10-17-15(19)13-7-3-4-8-14(13)22(20,21)18-11-5-2-6-12-18;/h3-4,7-8,16H,2,5-6,9-12H2,1H3,(H,17,19);1H. The molecule has 6 nitrogen and oxygen atoms in total. The zero-order chi connectivity index (χ0) is 16.0. The molecule has 0 saturated carbocycles. The van der Waals surface area contributed by atoms with E-state index in [9.17, 15) is 13.2 Å². The summed E-state index contributed by atoms with van der Waals surface area (Å²) in [5.41, 5.74) is 0.212. The van der Waals surface area contributed by atoms with Crippen molar-refractivity contribution in [2.45, 2.75) is 24.2 Å². The number of nitrogens with one attached hydrogen (secondary N) is 2. The first-order chi connectivity index (χ1) is 10.6. The van der Waals surface area contributed by atoms with Crippen molar-refractivity contribution < 1.29 is 13.2 Å². The van der Waals surface area contributed by atoms with Crippen LogP contribution in [0.25, 0.3) is 0 Å². The summed E-state index contributed by atoms with van der Waals surface area (Å²) in [5.74, 6) is -0.355. The van der Waals surface area contributed by atoms with Crippen molar-refractivity contribution in [3.63, 3.8) is 0 Å². The predicted octanol–water partition coefficient (Wildman–Crippen LogP) is 1.23. The maximum absolute atomic E-state index is 12.8. The topological polar surface area (TPSA) is 78.5 Å². The van der Waals surface area contributed by atoms with Crippen LogP contribution in [0.4, 0.5) is 0 Å². The summed E-state index contributed by atoms with van der Waals surface area (Å²) >= 11 is 0. The van der Waals surface area contributed by atoms with E-state index in [2.05, 4.69) is 10.6 Å². The summed E-state index contributed by atoms with van der Waals surface area (Å²) < 4.78 is 27.0. The fourth-order valence-electron chi connectivity index (χ4n) is 2.52. The number of halogens is 1. The number of hydrogen-bond acceptors (Lipinski definition) is 4. The second-order valence-corrected chi connectivity index (χ2v) is 7.23. The zero-order valence-electron chi connectivity index (χ0n) is 13.2. The molecule has 1 saturated heterocycles. The lowest BCUT2D eigenvalue weighted by Gasteiger charge is -2.26. The molecule has 1 aromatic rings. The molecule has 1 heterocycles. The van der Waals surface area contributed by atoms with Crippen LogP contribution in [0.2, 0.25) is 0 Å². The Labute approximate surface area is 144 Å². The first kappa shape index (κ1) is 19.9. The van der Waals surface area contributed by atoms with Gasteiger partial charge in [-0.05, 0) is 32.0 Å². The van der Waals surface area contributed by atoms with Crippen molar-refractivity contribution in [3.05, 3.63) is 29.8 Å². The van der Waals surface area contributed by atoms with Crippen molar-refractivity contribution in [1.29, 1.82) is 0 Å². The van der Waals surface area contributed by atoms with Gasteiger partial charge in [-0.1, -0.05) is 18.6 Å². The summed E-state index contributed by atoms with van der Waals surface area (Å²) in [6.45, 7) is 2.14. The molecule has 0 bridgehead atoms. The average molecular weight is 362 g/mol. The number of hydrogen-bond donors (Lipinski definition) is 2. The lowest BCUT2D eigenvalue weighted by Crippen LogP contribution is -2.37. The minimum atomic E-state index is -3.61. The monoisotopic (exact) mass is 361 g/mol. The molecule has 8 heteroatoms. The third-order valence-corrected chi connectivity index (χ3v) is 5.68. The highest BCUT2D eigenvalue weighted by Crippen LogP contribution is 2.23. The van der Waals surface area contributed by atoms with Gasteiger partial charge in [-0.15, -0.1) is 12.4 Å². The zero-order valence-corrected chi connectivity index (χ0v) is 14.9. The Morgan fingerprint density at radius 1 is 1.13 bits per heavy atom. The van der Waals surface area contributed by atoms with Gasteiger partial charge in [0.25, 0.3) is 5.91 Å². The molecule has 1 fully saturated rings. The highest BCUT2D eigenvalue weighted by Gasteiger charge is 2.29. The summed E-state index contributed by atoms with van der Waals surface area (Å²) in [4.78, 5) is 12.3. The normalized spacial score (nSPS) is 15.7. The molecule has 23 heavy (non-hydrogen) atoms. The molecule has 1 aliphatic heterocycles. The summed E-state index contributed by atoms with van der Waals surface area (Å²) in [6.07, 6.45) is 2.80. The summed E-state index contributed by atoms with van der Waals surface area (Å²) in [6, 6.07) is 6.41. The minimum absolute atomic E-state index is 0. The Hall–Kier alpha value is -1.15. The number of likely N-dealkylation sites (N-methyl/N-ethyl adjacent to an activating group) is 1. The lowest BCUT2D eigenvalue weighted by molar-refractivity contribution is 0.0950. The van der Waals surface area contributed by atoms with Gasteiger partial charge in [-0.25, -0.2) is 8.42 Å². The largest absolute Gasteiger partial charge is 0.351 e. The van der Waals surface area contributed by atoms with Gasteiger partial charge in [0.05, 0.1) is 10.5 Å². The van der Waals surface area contributed by atoms with E-state index in [1.165, 1.54) is 10.4 Å². The number of rotatable bonds is 6. The Kier molecular flexibility index (Phi) is 7.98. The third kappa shape index (κ3) is 4.91. The van der Waals surface area contributed by atoms with Crippen LogP contribution in [-0.4, -0.2) is 51.9 Å². The average Bonchev–Trinajstić information content (AvgIpc) is 2.56. The van der Waals surface area contributed by atoms with E-state index < -0.39 is 10.0 Å². The summed E-state index contributed by atoms with van der Waals surface area (Å²) in [5, 5.41) is 5.66. The van der Waals surface area contributed by atoms with Crippen LogP contribution in [-0.2, 0) is 10.0 Å². The SMILES string of the molecule is CNCCNC(=O)c1ccccc1S(=O)(=O)N1CCCCC1.Cl. The van der Waals surface area contributed by atoms with Crippen LogP contribution in [0.15, 0.2) is 29.2 Å². The van der Waals surface area contributed by atoms with Crippen molar-refractivity contribution in [2.75, 3.05) is 33.2 Å². The fourth-order valence-corrected chi connectivity index (χ4v) is 4.23. The lowest BCUT2D eigenvalue weighted by atomic mass is 10.2. The van der Waals surface area contributed by atoms with Gasteiger partial charge in [0.15, 0.2) is 0 Å². The number of carbonyl (C=O) groups excluding carboxylic acids is 1. The molecular weight excluding hydrogens is 338 g/mol. The Morgan fingerprint density at radius 2 is 1.78 bits per heavy atom. The van der Waals surface area contributed by atoms with E-state index in [0.29, 0.717) is 26.2 Å². The molecule has 0 aromatic heterocycles. The van der Waals surface area contributed by atoms with Gasteiger partial charge < -0.3 is 10.6 Å². The molecule has 1 aliphatic rings. The van der Waals surface area contributed by atoms with E-state index in [0.717, 1.165) is 19.3 Å². The van der Waals surface area contributed by atoms with Crippen LogP contribution in [0, 0.1) is 0 Å². The Morgan fingerprint density at radius 3 is 2.43 bits per heavy atom. The first-order valence-corrected chi connectivity index (χ1v) is 9.03. The highest BCUT2D eigenvalue weighted by molar-refractivity contribution is 7.89. The number of piperidine rings is 1. The molecule has 1 aromatic carbocycles. The van der Waals surface area contributed by atoms with E-state index in [1.54, 1.807) is 25.2 Å². The van der Waals surface area contributed by atoms with Gasteiger partial charge >= 0.3 is 0 Å². The van der Waals surface area contributed by atoms with Gasteiger partial charge in [0, 0.05) is 26.2 Å². The molecule has 2 N–H and O–H groups in total. The van der Waals surface area contributed by atoms with Crippen LogP contribution in [0.5, 0.6) is 0 Å². The number of amides is 1. The van der Waals surface area contributed by atoms with E-state index in [1.807, 2.05) is 0 Å². The van der Waals surface area contributed by atoms with E-state index >= 15 is 0 Å². The van der Waals surface area contributed by atoms with E-state index in [4.69, 9.17) is 0 Å². The maximum atomic E-state index is 12.8. The highest BCUT2D eigenvalue weighted by atomic mass is 35.5. The van der Waals surface area contributed by atoms with Gasteiger partial charge in [0.1, 0.15) is 0 Å². The number of carbonyl (C=O) groups is 1. The number of nitrogens with zero attached hydrogens (tertiary/aromatic N) is 1. The minimum Gasteiger partial charge on any atom is -0.351 e. The maximum Gasteiger partial charge on any atom is 0.252 e. The van der Waals surface area contributed by atoms with Gasteiger partial charge in [-0.2, -0.15) is 4.31 Å². The van der Waals surface area contributed by atoms with Crippen molar-refractivity contribution >= 4 is 28.3 Å². The molecule has 130 valence electrons. The Bertz CT molecular complexity index is 616. The molecule has 0 radical (unpaired) electrons. The van der Waals surface area contributed by atoms with E-state index in [-0.39, 0.29) is 28.8 Å². The second kappa shape index (κ2) is 9.22. The van der Waals surface area contributed by atoms with Crippen LogP contribution in [0.1, 0.15) is 29.6 Å². The molecular formula is C15H24ClN3O3S. The predicted molar refractivity (Wildman–Crippen MR) is 92.6 cm³/mol. The molecule has 0 atom stereocenters. The molecule has 0 aliphatic carbocycles. The molecule has 0 spiro atoms. The van der Waals surface area contributed by atoms with Crippen molar-refractivity contribution in [3.8, 4) is 0 Å². The quantitative estimate of drug-likeness (QED) is 0.747. The van der Waals surface area contributed by atoms with Gasteiger partial charge in [0.2, 0.25) is 10.0 Å². The van der Waals surface area contributed by atoms with Crippen LogP contribution < -0.4 is 10.6 Å². The molecule has 0 unspecified atom stereocenters. The first-order valence-electron chi connectivity index (χ1n) is 7.59. The van der Waals surface area contributed by atoms with Gasteiger partial charge in [-0.3, -0.25) is 4.79 Å². The van der Waals surface area contributed by atoms with Crippen molar-refractivity contribution in [2.24, 2.45) is 0 Å². The molecule has 2 rings (SSSR count). The van der Waals surface area contributed by atoms with Crippen LogP contribution in [0.3, 0.4) is 0 Å². The van der Waals surface area contributed by atoms with Crippen LogP contribution >= 0.6 is 12.4 Å². The molecule has 1 amide bonds. The summed E-state index contributed by atoms with van der Waals surface area (Å²) in [7, 11) is -1.82. The fraction of sp³-hybridized carbons (Fsp3) is 0.533.